The summed E-state index contributed by atoms with van der Waals surface area (Å²) in [5, 5.41) is 0. The van der Waals surface area contributed by atoms with Crippen molar-refractivity contribution in [2.75, 3.05) is 0 Å². The van der Waals surface area contributed by atoms with Crippen molar-refractivity contribution in [2.45, 2.75) is 52.4 Å². The van der Waals surface area contributed by atoms with Crippen LogP contribution >= 0.6 is 0 Å². The second kappa shape index (κ2) is 7.62. The molecule has 0 heteroatoms. The zero-order chi connectivity index (χ0) is 13.4. The molecule has 0 unspecified atom stereocenters. The van der Waals surface area contributed by atoms with Crippen LogP contribution in [0.3, 0.4) is 0 Å². The number of hydrogen-bond donors (Lipinski definition) is 0. The Bertz CT molecular complexity index is 421. The Kier molecular flexibility index (Phi) is 6.10. The second-order valence-corrected chi connectivity index (χ2v) is 4.66. The molecule has 0 aromatic heterocycles. The topological polar surface area (TPSA) is 0 Å². The number of aryl methyl sites for hydroxylation is 2. The van der Waals surface area contributed by atoms with Gasteiger partial charge in [0, 0.05) is 11.1 Å². The van der Waals surface area contributed by atoms with Gasteiger partial charge in [-0.1, -0.05) is 38.5 Å². The van der Waals surface area contributed by atoms with Crippen LogP contribution in [0.25, 0.3) is 0 Å². The van der Waals surface area contributed by atoms with Gasteiger partial charge in [-0.15, -0.1) is 12.8 Å². The molecule has 0 atom stereocenters. The summed E-state index contributed by atoms with van der Waals surface area (Å²) in [6.45, 7) is 4.42. The monoisotopic (exact) mass is 238 g/mol. The molecule has 0 heterocycles. The molecule has 0 nitrogen and oxygen atoms in total. The smallest absolute Gasteiger partial charge is 0.0402 e. The van der Waals surface area contributed by atoms with Crippen LogP contribution in [-0.4, -0.2) is 0 Å². The highest BCUT2D eigenvalue weighted by atomic mass is 14.1. The SMILES string of the molecule is C#Cc1cc(CCCC)c(CCCC)cc1C#C. The molecule has 0 N–H and O–H groups in total. The van der Waals surface area contributed by atoms with Crippen LogP contribution in [0.5, 0.6) is 0 Å². The molecule has 1 aromatic rings. The summed E-state index contributed by atoms with van der Waals surface area (Å²) in [6.07, 6.45) is 18.1. The minimum Gasteiger partial charge on any atom is -0.115 e. The molecule has 0 saturated heterocycles. The third-order valence-electron chi connectivity index (χ3n) is 3.25. The van der Waals surface area contributed by atoms with Crippen LogP contribution < -0.4 is 0 Å². The maximum Gasteiger partial charge on any atom is 0.0402 e. The van der Waals surface area contributed by atoms with Gasteiger partial charge < -0.3 is 0 Å². The quantitative estimate of drug-likeness (QED) is 0.647. The molecule has 0 aliphatic heterocycles. The van der Waals surface area contributed by atoms with Crippen molar-refractivity contribution in [1.29, 1.82) is 0 Å². The minimum absolute atomic E-state index is 0.865. The van der Waals surface area contributed by atoms with Crippen LogP contribution in [-0.2, 0) is 12.8 Å². The lowest BCUT2D eigenvalue weighted by Crippen LogP contribution is -1.99. The molecule has 94 valence electrons. The highest BCUT2D eigenvalue weighted by molar-refractivity contribution is 5.53. The van der Waals surface area contributed by atoms with Gasteiger partial charge in [-0.05, 0) is 48.9 Å². The van der Waals surface area contributed by atoms with Gasteiger partial charge >= 0.3 is 0 Å². The maximum atomic E-state index is 5.53. The van der Waals surface area contributed by atoms with Gasteiger partial charge in [-0.25, -0.2) is 0 Å². The van der Waals surface area contributed by atoms with Crippen LogP contribution in [0.1, 0.15) is 61.8 Å². The van der Waals surface area contributed by atoms with E-state index in [1.165, 1.54) is 36.8 Å². The normalized spacial score (nSPS) is 9.78. The van der Waals surface area contributed by atoms with E-state index < -0.39 is 0 Å². The zero-order valence-corrected chi connectivity index (χ0v) is 11.6. The van der Waals surface area contributed by atoms with E-state index in [-0.39, 0.29) is 0 Å². The van der Waals surface area contributed by atoms with Gasteiger partial charge in [0.2, 0.25) is 0 Å². The van der Waals surface area contributed by atoms with E-state index in [1.807, 2.05) is 0 Å². The van der Waals surface area contributed by atoms with Crippen molar-refractivity contribution < 1.29 is 0 Å². The minimum atomic E-state index is 0.865. The molecule has 0 amide bonds. The predicted octanol–water partition coefficient (Wildman–Crippen LogP) is 4.33. The van der Waals surface area contributed by atoms with Gasteiger partial charge in [0.05, 0.1) is 0 Å². The lowest BCUT2D eigenvalue weighted by Gasteiger charge is -2.11. The number of unbranched alkanes of at least 4 members (excludes halogenated alkanes) is 2. The molecule has 1 aromatic carbocycles. The van der Waals surface area contributed by atoms with Gasteiger partial charge in [0.15, 0.2) is 0 Å². The van der Waals surface area contributed by atoms with E-state index in [1.54, 1.807) is 0 Å². The van der Waals surface area contributed by atoms with E-state index in [4.69, 9.17) is 12.8 Å². The van der Waals surface area contributed by atoms with Crippen molar-refractivity contribution in [2.24, 2.45) is 0 Å². The number of benzene rings is 1. The Labute approximate surface area is 112 Å². The summed E-state index contributed by atoms with van der Waals surface area (Å²) >= 11 is 0. The first-order valence-corrected chi connectivity index (χ1v) is 6.85. The standard InChI is InChI=1S/C18H22/c1-5-9-11-17-13-15(7-3)16(8-4)14-18(17)12-10-6-2/h3-4,13-14H,5-6,9-12H2,1-2H3. The Morgan fingerprint density at radius 1 is 0.833 bits per heavy atom. The number of rotatable bonds is 6. The molecule has 0 radical (unpaired) electrons. The fraction of sp³-hybridized carbons (Fsp3) is 0.444. The van der Waals surface area contributed by atoms with Gasteiger partial charge in [0.25, 0.3) is 0 Å². The number of hydrogen-bond acceptors (Lipinski definition) is 0. The van der Waals surface area contributed by atoms with Crippen LogP contribution in [0, 0.1) is 24.7 Å². The van der Waals surface area contributed by atoms with Crippen molar-refractivity contribution in [3.63, 3.8) is 0 Å². The fourth-order valence-electron chi connectivity index (χ4n) is 2.13. The van der Waals surface area contributed by atoms with Crippen molar-refractivity contribution in [1.82, 2.24) is 0 Å². The van der Waals surface area contributed by atoms with Gasteiger partial charge in [-0.3, -0.25) is 0 Å². The van der Waals surface area contributed by atoms with E-state index in [0.717, 1.165) is 24.0 Å². The summed E-state index contributed by atoms with van der Waals surface area (Å²) in [6, 6.07) is 4.24. The van der Waals surface area contributed by atoms with Crippen LogP contribution in [0.2, 0.25) is 0 Å². The molecule has 0 fully saturated rings. The van der Waals surface area contributed by atoms with E-state index in [9.17, 15) is 0 Å². The average molecular weight is 238 g/mol. The third kappa shape index (κ3) is 3.68. The summed E-state index contributed by atoms with van der Waals surface area (Å²) in [5.41, 5.74) is 4.50. The Morgan fingerprint density at radius 3 is 1.50 bits per heavy atom. The summed E-state index contributed by atoms with van der Waals surface area (Å²) in [5.74, 6) is 5.41. The van der Waals surface area contributed by atoms with Gasteiger partial charge in [0.1, 0.15) is 0 Å². The number of terminal acetylenes is 2. The Balaban J connectivity index is 3.11. The van der Waals surface area contributed by atoms with E-state index in [0.29, 0.717) is 0 Å². The molecule has 0 aliphatic carbocycles. The van der Waals surface area contributed by atoms with Crippen LogP contribution in [0.4, 0.5) is 0 Å². The lowest BCUT2D eigenvalue weighted by atomic mass is 9.93. The average Bonchev–Trinajstić information content (AvgIpc) is 2.42. The molecular formula is C18H22. The molecular weight excluding hydrogens is 216 g/mol. The zero-order valence-electron chi connectivity index (χ0n) is 11.6. The lowest BCUT2D eigenvalue weighted by molar-refractivity contribution is 0.757. The molecule has 18 heavy (non-hydrogen) atoms. The Hall–Kier alpha value is -1.66. The molecule has 0 aliphatic rings. The molecule has 0 bridgehead atoms. The largest absolute Gasteiger partial charge is 0.115 e. The first kappa shape index (κ1) is 14.4. The van der Waals surface area contributed by atoms with Crippen LogP contribution in [0.15, 0.2) is 12.1 Å². The van der Waals surface area contributed by atoms with Crippen molar-refractivity contribution in [3.05, 3.63) is 34.4 Å². The second-order valence-electron chi connectivity index (χ2n) is 4.66. The summed E-state index contributed by atoms with van der Waals surface area (Å²) < 4.78 is 0. The first-order chi connectivity index (χ1) is 8.76. The molecule has 1 rings (SSSR count). The summed E-state index contributed by atoms with van der Waals surface area (Å²) in [7, 11) is 0. The van der Waals surface area contributed by atoms with Gasteiger partial charge in [-0.2, -0.15) is 0 Å². The van der Waals surface area contributed by atoms with Crippen molar-refractivity contribution in [3.8, 4) is 24.7 Å². The predicted molar refractivity (Wildman–Crippen MR) is 79.5 cm³/mol. The first-order valence-electron chi connectivity index (χ1n) is 6.85. The highest BCUT2D eigenvalue weighted by Crippen LogP contribution is 2.20. The van der Waals surface area contributed by atoms with E-state index in [2.05, 4.69) is 37.8 Å². The third-order valence-corrected chi connectivity index (χ3v) is 3.25. The van der Waals surface area contributed by atoms with E-state index >= 15 is 0 Å². The Morgan fingerprint density at radius 2 is 1.22 bits per heavy atom. The molecule has 0 spiro atoms. The highest BCUT2D eigenvalue weighted by Gasteiger charge is 2.07. The maximum absolute atomic E-state index is 5.53. The van der Waals surface area contributed by atoms with Crippen molar-refractivity contribution >= 4 is 0 Å². The molecule has 0 saturated carbocycles. The fourth-order valence-corrected chi connectivity index (χ4v) is 2.13. The summed E-state index contributed by atoms with van der Waals surface area (Å²) in [4.78, 5) is 0.